The lowest BCUT2D eigenvalue weighted by atomic mass is 9.83. The fourth-order valence-electron chi connectivity index (χ4n) is 5.38. The van der Waals surface area contributed by atoms with E-state index in [-0.39, 0.29) is 29.3 Å². The fourth-order valence-corrected chi connectivity index (χ4v) is 5.38. The van der Waals surface area contributed by atoms with Crippen molar-refractivity contribution in [3.05, 3.63) is 129 Å². The van der Waals surface area contributed by atoms with E-state index < -0.39 is 0 Å². The molecule has 4 aromatic carbocycles. The van der Waals surface area contributed by atoms with Crippen molar-refractivity contribution >= 4 is 34.5 Å². The number of carbonyl (C=O) groups is 4. The van der Waals surface area contributed by atoms with Crippen molar-refractivity contribution in [2.45, 2.75) is 25.9 Å². The number of ketones is 4. The number of hydrogen-bond donors (Lipinski definition) is 2. The summed E-state index contributed by atoms with van der Waals surface area (Å²) in [6.07, 6.45) is 1.09. The standard InChI is InChI=1S/C32H24N2O4/c1-2-9-26(33-24-16-7-14-22-27(24)31(37)20-12-5-3-10-18(20)29(22)35)34-25-17-8-15-23-28(25)32(38)21-13-6-4-11-19(21)30(23)36/h3-8,10-17,26,33-34H,2,9H2,1H3. The van der Waals surface area contributed by atoms with Crippen LogP contribution in [0, 0.1) is 0 Å². The van der Waals surface area contributed by atoms with Crippen LogP contribution in [0.2, 0.25) is 0 Å². The van der Waals surface area contributed by atoms with E-state index >= 15 is 0 Å². The average molecular weight is 501 g/mol. The summed E-state index contributed by atoms with van der Waals surface area (Å²) in [5.41, 5.74) is 4.08. The first-order valence-corrected chi connectivity index (χ1v) is 12.7. The van der Waals surface area contributed by atoms with E-state index in [1.165, 1.54) is 0 Å². The van der Waals surface area contributed by atoms with Gasteiger partial charge in [-0.25, -0.2) is 0 Å². The Morgan fingerprint density at radius 1 is 0.500 bits per heavy atom. The van der Waals surface area contributed by atoms with Crippen molar-refractivity contribution in [1.29, 1.82) is 0 Å². The summed E-state index contributed by atoms with van der Waals surface area (Å²) >= 11 is 0. The van der Waals surface area contributed by atoms with Gasteiger partial charge in [-0.05, 0) is 18.6 Å². The van der Waals surface area contributed by atoms with Crippen molar-refractivity contribution in [2.24, 2.45) is 0 Å². The van der Waals surface area contributed by atoms with Crippen LogP contribution in [0.25, 0.3) is 0 Å². The number of nitrogens with one attached hydrogen (secondary N) is 2. The molecule has 0 saturated carbocycles. The molecule has 0 spiro atoms. The fraction of sp³-hybridized carbons (Fsp3) is 0.125. The molecule has 0 fully saturated rings. The Balaban J connectivity index is 1.37. The van der Waals surface area contributed by atoms with Crippen molar-refractivity contribution in [3.63, 3.8) is 0 Å². The van der Waals surface area contributed by atoms with Crippen molar-refractivity contribution in [2.75, 3.05) is 10.6 Å². The molecular formula is C32H24N2O4. The third kappa shape index (κ3) is 3.65. The quantitative estimate of drug-likeness (QED) is 0.277. The van der Waals surface area contributed by atoms with Crippen LogP contribution in [0.5, 0.6) is 0 Å². The molecule has 0 unspecified atom stereocenters. The topological polar surface area (TPSA) is 92.3 Å². The molecule has 6 rings (SSSR count). The maximum Gasteiger partial charge on any atom is 0.196 e. The van der Waals surface area contributed by atoms with Gasteiger partial charge in [-0.2, -0.15) is 0 Å². The zero-order chi connectivity index (χ0) is 26.4. The number of benzene rings is 4. The van der Waals surface area contributed by atoms with Crippen LogP contribution in [-0.2, 0) is 0 Å². The summed E-state index contributed by atoms with van der Waals surface area (Å²) in [5.74, 6) is -0.774. The zero-order valence-corrected chi connectivity index (χ0v) is 20.7. The SMILES string of the molecule is CCCC(Nc1cccc2c1C(=O)c1ccccc1C2=O)Nc1cccc2c1C(=O)c1ccccc1C2=O. The molecule has 0 radical (unpaired) electrons. The van der Waals surface area contributed by atoms with Crippen LogP contribution in [0.3, 0.4) is 0 Å². The Bertz CT molecular complexity index is 1550. The zero-order valence-electron chi connectivity index (χ0n) is 20.7. The molecule has 0 aliphatic heterocycles. The number of anilines is 2. The van der Waals surface area contributed by atoms with E-state index in [1.54, 1.807) is 84.9 Å². The minimum absolute atomic E-state index is 0.182. The largest absolute Gasteiger partial charge is 0.365 e. The molecule has 0 bridgehead atoms. The van der Waals surface area contributed by atoms with E-state index in [9.17, 15) is 19.2 Å². The summed E-state index contributed by atoms with van der Waals surface area (Å²) in [6.45, 7) is 2.03. The second-order valence-electron chi connectivity index (χ2n) is 9.49. The van der Waals surface area contributed by atoms with Gasteiger partial charge in [0.05, 0.1) is 17.3 Å². The van der Waals surface area contributed by atoms with E-state index in [0.29, 0.717) is 62.3 Å². The van der Waals surface area contributed by atoms with Gasteiger partial charge in [0.25, 0.3) is 0 Å². The Kier molecular flexibility index (Phi) is 5.72. The van der Waals surface area contributed by atoms with Gasteiger partial charge in [0.2, 0.25) is 0 Å². The van der Waals surface area contributed by atoms with Crippen molar-refractivity contribution in [3.8, 4) is 0 Å². The Labute approximate surface area is 219 Å². The van der Waals surface area contributed by atoms with Crippen LogP contribution in [0.4, 0.5) is 11.4 Å². The van der Waals surface area contributed by atoms with Gasteiger partial charge in [0.1, 0.15) is 0 Å². The first kappa shape index (κ1) is 23.6. The van der Waals surface area contributed by atoms with Crippen LogP contribution in [0.1, 0.15) is 83.5 Å². The molecule has 2 aliphatic carbocycles. The lowest BCUT2D eigenvalue weighted by Gasteiger charge is -2.28. The molecule has 2 N–H and O–H groups in total. The van der Waals surface area contributed by atoms with Gasteiger partial charge in [0, 0.05) is 44.8 Å². The van der Waals surface area contributed by atoms with E-state index in [2.05, 4.69) is 10.6 Å². The van der Waals surface area contributed by atoms with E-state index in [4.69, 9.17) is 0 Å². The van der Waals surface area contributed by atoms with Gasteiger partial charge in [-0.1, -0.05) is 86.1 Å². The summed E-state index contributed by atoms with van der Waals surface area (Å²) in [5, 5.41) is 6.82. The maximum atomic E-state index is 13.5. The molecule has 186 valence electrons. The van der Waals surface area contributed by atoms with Crippen molar-refractivity contribution < 1.29 is 19.2 Å². The molecule has 0 aromatic heterocycles. The van der Waals surface area contributed by atoms with Gasteiger partial charge in [-0.3, -0.25) is 19.2 Å². The number of hydrogen-bond acceptors (Lipinski definition) is 6. The minimum atomic E-state index is -0.377. The second kappa shape index (κ2) is 9.23. The highest BCUT2D eigenvalue weighted by Crippen LogP contribution is 2.35. The summed E-state index contributed by atoms with van der Waals surface area (Å²) in [6, 6.07) is 24.1. The Morgan fingerprint density at radius 3 is 1.26 bits per heavy atom. The smallest absolute Gasteiger partial charge is 0.196 e. The molecule has 0 amide bonds. The van der Waals surface area contributed by atoms with Crippen LogP contribution < -0.4 is 10.6 Å². The van der Waals surface area contributed by atoms with Crippen LogP contribution >= 0.6 is 0 Å². The van der Waals surface area contributed by atoms with Gasteiger partial charge >= 0.3 is 0 Å². The van der Waals surface area contributed by atoms with E-state index in [0.717, 1.165) is 6.42 Å². The summed E-state index contributed by atoms with van der Waals surface area (Å²) in [7, 11) is 0. The lowest BCUT2D eigenvalue weighted by Crippen LogP contribution is -2.32. The number of carbonyl (C=O) groups excluding carboxylic acids is 4. The van der Waals surface area contributed by atoms with Gasteiger partial charge in [-0.15, -0.1) is 0 Å². The normalized spacial score (nSPS) is 13.5. The second-order valence-corrected chi connectivity index (χ2v) is 9.49. The van der Waals surface area contributed by atoms with E-state index in [1.807, 2.05) is 6.92 Å². The van der Waals surface area contributed by atoms with Gasteiger partial charge < -0.3 is 10.6 Å². The highest BCUT2D eigenvalue weighted by Gasteiger charge is 2.33. The number of rotatable bonds is 6. The molecule has 2 aliphatic rings. The molecular weight excluding hydrogens is 476 g/mol. The Hall–Kier alpha value is -4.84. The summed E-state index contributed by atoms with van der Waals surface area (Å²) in [4.78, 5) is 53.3. The van der Waals surface area contributed by atoms with Crippen molar-refractivity contribution in [1.82, 2.24) is 0 Å². The molecule has 0 atom stereocenters. The minimum Gasteiger partial charge on any atom is -0.365 e. The van der Waals surface area contributed by atoms with Crippen LogP contribution in [-0.4, -0.2) is 29.3 Å². The predicted octanol–water partition coefficient (Wildman–Crippen LogP) is 5.89. The molecule has 0 saturated heterocycles. The molecule has 0 heterocycles. The molecule has 6 nitrogen and oxygen atoms in total. The first-order chi connectivity index (χ1) is 18.5. The third-order valence-corrected chi connectivity index (χ3v) is 7.14. The number of fused-ring (bicyclic) bond motifs is 4. The summed E-state index contributed by atoms with van der Waals surface area (Å²) < 4.78 is 0. The Morgan fingerprint density at radius 2 is 0.868 bits per heavy atom. The van der Waals surface area contributed by atoms with Gasteiger partial charge in [0.15, 0.2) is 23.1 Å². The van der Waals surface area contributed by atoms with Crippen LogP contribution in [0.15, 0.2) is 84.9 Å². The first-order valence-electron chi connectivity index (χ1n) is 12.7. The third-order valence-electron chi connectivity index (χ3n) is 7.14. The highest BCUT2D eigenvalue weighted by atomic mass is 16.1. The molecule has 38 heavy (non-hydrogen) atoms. The monoisotopic (exact) mass is 500 g/mol. The molecule has 6 heteroatoms. The lowest BCUT2D eigenvalue weighted by molar-refractivity contribution is 0.0979. The maximum absolute atomic E-state index is 13.5. The molecule has 4 aromatic rings. The average Bonchev–Trinajstić information content (AvgIpc) is 2.94. The highest BCUT2D eigenvalue weighted by molar-refractivity contribution is 6.31. The predicted molar refractivity (Wildman–Crippen MR) is 145 cm³/mol.